The van der Waals surface area contributed by atoms with Crippen LogP contribution in [0.3, 0.4) is 0 Å². The summed E-state index contributed by atoms with van der Waals surface area (Å²) >= 11 is 0. The number of aromatic amines is 1. The minimum absolute atomic E-state index is 0.00606. The lowest BCUT2D eigenvalue weighted by Crippen LogP contribution is -2.55. The molecule has 35 heavy (non-hydrogen) atoms. The molecule has 2 saturated heterocycles. The molecule has 2 aliphatic rings. The number of likely N-dealkylation sites (tertiary alicyclic amines) is 2. The van der Waals surface area contributed by atoms with E-state index in [0.717, 1.165) is 40.8 Å². The molecule has 2 aromatic heterocycles. The van der Waals surface area contributed by atoms with Crippen molar-refractivity contribution in [3.05, 3.63) is 48.8 Å². The molecule has 0 spiro atoms. The molecule has 2 unspecified atom stereocenters. The fourth-order valence-corrected chi connectivity index (χ4v) is 5.60. The molecule has 1 N–H and O–H groups in total. The van der Waals surface area contributed by atoms with Crippen LogP contribution in [0.5, 0.6) is 0 Å². The third-order valence-corrected chi connectivity index (χ3v) is 7.73. The second-order valence-electron chi connectivity index (χ2n) is 9.70. The summed E-state index contributed by atoms with van der Waals surface area (Å²) < 4.78 is 5.45. The molecule has 0 saturated carbocycles. The number of nitrogens with one attached hydrogen (secondary N) is 1. The maximum Gasteiger partial charge on any atom is 0.320 e. The topological polar surface area (TPSA) is 88.5 Å². The Labute approximate surface area is 206 Å². The van der Waals surface area contributed by atoms with E-state index in [9.17, 15) is 10.1 Å². The Morgan fingerprint density at radius 3 is 2.77 bits per heavy atom. The van der Waals surface area contributed by atoms with Crippen molar-refractivity contribution in [1.82, 2.24) is 19.8 Å². The van der Waals surface area contributed by atoms with E-state index in [1.54, 1.807) is 12.0 Å². The maximum absolute atomic E-state index is 13.4. The van der Waals surface area contributed by atoms with Gasteiger partial charge < -0.3 is 24.4 Å². The smallest absolute Gasteiger partial charge is 0.320 e. The average Bonchev–Trinajstić information content (AvgIpc) is 3.55. The summed E-state index contributed by atoms with van der Waals surface area (Å²) in [6, 6.07) is 15.0. The molecule has 0 bridgehead atoms. The fourth-order valence-electron chi connectivity index (χ4n) is 5.60. The lowest BCUT2D eigenvalue weighted by Gasteiger charge is -2.44. The number of anilines is 1. The highest BCUT2D eigenvalue weighted by Gasteiger charge is 2.40. The van der Waals surface area contributed by atoms with Crippen molar-refractivity contribution < 1.29 is 9.53 Å². The Hall–Kier alpha value is -3.57. The van der Waals surface area contributed by atoms with Gasteiger partial charge in [0, 0.05) is 75.4 Å². The van der Waals surface area contributed by atoms with Crippen molar-refractivity contribution in [3.63, 3.8) is 0 Å². The number of nitriles is 1. The van der Waals surface area contributed by atoms with Crippen LogP contribution in [0, 0.1) is 23.2 Å². The lowest BCUT2D eigenvalue weighted by atomic mass is 9.91. The largest absolute Gasteiger partial charge is 0.378 e. The number of fused-ring (bicyclic) bond motifs is 1. The summed E-state index contributed by atoms with van der Waals surface area (Å²) in [5.74, 6) is 0.155. The Balaban J connectivity index is 1.39. The van der Waals surface area contributed by atoms with Crippen LogP contribution >= 0.6 is 0 Å². The van der Waals surface area contributed by atoms with Crippen LogP contribution in [0.25, 0.3) is 22.2 Å². The Kier molecular flexibility index (Phi) is 6.35. The molecule has 8 nitrogen and oxygen atoms in total. The molecule has 2 aliphatic heterocycles. The number of aromatic nitrogens is 2. The van der Waals surface area contributed by atoms with E-state index in [1.165, 1.54) is 0 Å². The van der Waals surface area contributed by atoms with E-state index < -0.39 is 0 Å². The number of urea groups is 1. The van der Waals surface area contributed by atoms with Crippen LogP contribution in [-0.2, 0) is 4.74 Å². The summed E-state index contributed by atoms with van der Waals surface area (Å²) in [7, 11) is 3.74. The van der Waals surface area contributed by atoms with Crippen LogP contribution in [0.4, 0.5) is 10.5 Å². The van der Waals surface area contributed by atoms with Crippen LogP contribution in [0.1, 0.15) is 13.3 Å². The number of hydrogen-bond donors (Lipinski definition) is 1. The quantitative estimate of drug-likeness (QED) is 0.621. The second kappa shape index (κ2) is 9.59. The third-order valence-electron chi connectivity index (χ3n) is 7.73. The number of methoxy groups -OCH3 is 1. The summed E-state index contributed by atoms with van der Waals surface area (Å²) in [4.78, 5) is 27.1. The van der Waals surface area contributed by atoms with E-state index in [0.29, 0.717) is 25.6 Å². The van der Waals surface area contributed by atoms with Gasteiger partial charge in [-0.2, -0.15) is 5.26 Å². The number of likely N-dealkylation sites (N-methyl/N-ethyl adjacent to an activating group) is 1. The van der Waals surface area contributed by atoms with Gasteiger partial charge in [0.15, 0.2) is 0 Å². The van der Waals surface area contributed by atoms with Crippen molar-refractivity contribution >= 4 is 22.8 Å². The van der Waals surface area contributed by atoms with E-state index in [1.807, 2.05) is 17.3 Å². The first-order valence-corrected chi connectivity index (χ1v) is 12.2. The standard InChI is InChI=1S/C27H32N6O2/c1-18-10-13-32(27(34)33-15-19(14-28)25(17-33)35-3)16-24(18)31(2)23-7-5-4-6-21(23)20-8-11-29-26-22(20)9-12-30-26/h4-9,11-12,18-19,24-25H,10,13,15-17H2,1-3H3,(H,29,30)/t18-,19?,24+,25?/m1/s1. The SMILES string of the molecule is COC1CN(C(=O)N2CC[C@@H](C)[C@@H](N(C)c3ccccc3-c3ccnc4[nH]ccc34)C2)CC1C#N. The summed E-state index contributed by atoms with van der Waals surface area (Å²) in [6.07, 6.45) is 4.48. The normalized spacial score (nSPS) is 24.5. The van der Waals surface area contributed by atoms with Gasteiger partial charge in [0.2, 0.25) is 0 Å². The second-order valence-corrected chi connectivity index (χ2v) is 9.70. The monoisotopic (exact) mass is 472 g/mol. The molecule has 3 aromatic rings. The predicted octanol–water partition coefficient (Wildman–Crippen LogP) is 3.97. The number of rotatable bonds is 4. The highest BCUT2D eigenvalue weighted by molar-refractivity contribution is 5.96. The lowest BCUT2D eigenvalue weighted by molar-refractivity contribution is 0.0891. The Morgan fingerprint density at radius 1 is 1.17 bits per heavy atom. The highest BCUT2D eigenvalue weighted by atomic mass is 16.5. The average molecular weight is 473 g/mol. The Bertz CT molecular complexity index is 1250. The van der Waals surface area contributed by atoms with Gasteiger partial charge in [-0.1, -0.05) is 25.1 Å². The molecule has 2 amide bonds. The van der Waals surface area contributed by atoms with E-state index in [2.05, 4.69) is 71.3 Å². The van der Waals surface area contributed by atoms with Gasteiger partial charge in [-0.25, -0.2) is 9.78 Å². The van der Waals surface area contributed by atoms with Gasteiger partial charge in [0.05, 0.1) is 18.1 Å². The van der Waals surface area contributed by atoms with Gasteiger partial charge >= 0.3 is 6.03 Å². The van der Waals surface area contributed by atoms with Crippen molar-refractivity contribution in [2.75, 3.05) is 45.2 Å². The fraction of sp³-hybridized carbons (Fsp3) is 0.444. The Morgan fingerprint density at radius 2 is 2.00 bits per heavy atom. The van der Waals surface area contributed by atoms with E-state index in [-0.39, 0.29) is 24.1 Å². The molecule has 4 atom stereocenters. The number of piperidine rings is 1. The van der Waals surface area contributed by atoms with Gasteiger partial charge in [0.1, 0.15) is 5.65 Å². The van der Waals surface area contributed by atoms with Crippen LogP contribution in [0.2, 0.25) is 0 Å². The number of hydrogen-bond acceptors (Lipinski definition) is 5. The van der Waals surface area contributed by atoms with E-state index >= 15 is 0 Å². The summed E-state index contributed by atoms with van der Waals surface area (Å²) in [5, 5.41) is 10.5. The zero-order valence-corrected chi connectivity index (χ0v) is 20.5. The number of carbonyl (C=O) groups excluding carboxylic acids is 1. The minimum atomic E-state index is -0.274. The molecule has 1 aromatic carbocycles. The molecule has 5 rings (SSSR count). The summed E-state index contributed by atoms with van der Waals surface area (Å²) in [5.41, 5.74) is 4.30. The number of H-pyrrole nitrogens is 1. The molecular weight excluding hydrogens is 440 g/mol. The first-order chi connectivity index (χ1) is 17.0. The number of pyridine rings is 1. The molecule has 4 heterocycles. The van der Waals surface area contributed by atoms with Crippen LogP contribution < -0.4 is 4.90 Å². The number of amides is 2. The number of para-hydroxylation sites is 1. The zero-order valence-electron chi connectivity index (χ0n) is 20.5. The zero-order chi connectivity index (χ0) is 24.5. The van der Waals surface area contributed by atoms with Gasteiger partial charge in [0.25, 0.3) is 0 Å². The molecular formula is C27H32N6O2. The highest BCUT2D eigenvalue weighted by Crippen LogP contribution is 2.37. The third kappa shape index (κ3) is 4.21. The van der Waals surface area contributed by atoms with Crippen molar-refractivity contribution in [3.8, 4) is 17.2 Å². The van der Waals surface area contributed by atoms with Crippen LogP contribution in [-0.4, -0.2) is 78.3 Å². The minimum Gasteiger partial charge on any atom is -0.378 e. The van der Waals surface area contributed by atoms with Crippen LogP contribution in [0.15, 0.2) is 48.8 Å². The van der Waals surface area contributed by atoms with Gasteiger partial charge in [-0.3, -0.25) is 0 Å². The molecule has 182 valence electrons. The van der Waals surface area contributed by atoms with Crippen molar-refractivity contribution in [2.45, 2.75) is 25.5 Å². The molecule has 0 aliphatic carbocycles. The van der Waals surface area contributed by atoms with E-state index in [4.69, 9.17) is 4.74 Å². The maximum atomic E-state index is 13.4. The number of ether oxygens (including phenoxy) is 1. The number of nitrogens with zero attached hydrogens (tertiary/aromatic N) is 5. The van der Waals surface area contributed by atoms with Gasteiger partial charge in [-0.15, -0.1) is 0 Å². The first kappa shape index (κ1) is 23.2. The van der Waals surface area contributed by atoms with Crippen molar-refractivity contribution in [2.24, 2.45) is 11.8 Å². The molecule has 8 heteroatoms. The van der Waals surface area contributed by atoms with Crippen molar-refractivity contribution in [1.29, 1.82) is 5.26 Å². The molecule has 0 radical (unpaired) electrons. The molecule has 2 fully saturated rings. The number of carbonyl (C=O) groups is 1. The summed E-state index contributed by atoms with van der Waals surface area (Å²) in [6.45, 7) is 4.54. The predicted molar refractivity (Wildman–Crippen MR) is 136 cm³/mol. The first-order valence-electron chi connectivity index (χ1n) is 12.2. The van der Waals surface area contributed by atoms with Gasteiger partial charge in [-0.05, 0) is 36.1 Å². The number of benzene rings is 1.